The molecule has 1 fully saturated rings. The zero-order valence-electron chi connectivity index (χ0n) is 11.5. The monoisotopic (exact) mass is 265 g/mol. The average Bonchev–Trinajstić information content (AvgIpc) is 3.08. The van der Waals surface area contributed by atoms with Gasteiger partial charge in [-0.05, 0) is 45.0 Å². The standard InChI is InChI=1S/C14H23N3O2/c1-12(15-6-9-17-7-2-3-8-17)14(18)16-11-13-5-4-10-19-13/h4-5,10,12,15H,2-3,6-9,11H2,1H3,(H,16,18). The summed E-state index contributed by atoms with van der Waals surface area (Å²) < 4.78 is 5.17. The van der Waals surface area contributed by atoms with E-state index in [1.54, 1.807) is 6.26 Å². The highest BCUT2D eigenvalue weighted by Gasteiger charge is 2.14. The Bertz CT molecular complexity index is 372. The van der Waals surface area contributed by atoms with Crippen LogP contribution in [0.15, 0.2) is 22.8 Å². The molecular formula is C14H23N3O2. The van der Waals surface area contributed by atoms with Crippen molar-refractivity contribution in [2.24, 2.45) is 0 Å². The van der Waals surface area contributed by atoms with Gasteiger partial charge in [-0.15, -0.1) is 0 Å². The highest BCUT2D eigenvalue weighted by atomic mass is 16.3. The topological polar surface area (TPSA) is 57.5 Å². The third kappa shape index (κ3) is 4.69. The zero-order valence-corrected chi connectivity index (χ0v) is 11.5. The third-order valence-corrected chi connectivity index (χ3v) is 3.49. The zero-order chi connectivity index (χ0) is 13.5. The molecule has 2 N–H and O–H groups in total. The molecule has 1 saturated heterocycles. The summed E-state index contributed by atoms with van der Waals surface area (Å²) in [6.07, 6.45) is 4.22. The summed E-state index contributed by atoms with van der Waals surface area (Å²) in [5.74, 6) is 0.787. The number of nitrogens with zero attached hydrogens (tertiary/aromatic N) is 1. The van der Waals surface area contributed by atoms with Crippen LogP contribution in [-0.2, 0) is 11.3 Å². The molecular weight excluding hydrogens is 242 g/mol. The number of carbonyl (C=O) groups excluding carboxylic acids is 1. The van der Waals surface area contributed by atoms with Gasteiger partial charge in [-0.3, -0.25) is 4.79 Å². The van der Waals surface area contributed by atoms with Crippen molar-refractivity contribution in [3.63, 3.8) is 0 Å². The van der Waals surface area contributed by atoms with Crippen molar-refractivity contribution in [2.75, 3.05) is 26.2 Å². The minimum atomic E-state index is -0.169. The largest absolute Gasteiger partial charge is 0.467 e. The van der Waals surface area contributed by atoms with Gasteiger partial charge >= 0.3 is 0 Å². The number of likely N-dealkylation sites (tertiary alicyclic amines) is 1. The lowest BCUT2D eigenvalue weighted by atomic mass is 10.3. The number of amides is 1. The molecule has 5 nitrogen and oxygen atoms in total. The summed E-state index contributed by atoms with van der Waals surface area (Å²) in [7, 11) is 0. The highest BCUT2D eigenvalue weighted by Crippen LogP contribution is 2.05. The normalized spacial score (nSPS) is 17.5. The van der Waals surface area contributed by atoms with Crippen molar-refractivity contribution in [1.29, 1.82) is 0 Å². The van der Waals surface area contributed by atoms with Gasteiger partial charge in [0, 0.05) is 13.1 Å². The van der Waals surface area contributed by atoms with Crippen molar-refractivity contribution in [3.8, 4) is 0 Å². The Balaban J connectivity index is 1.59. The molecule has 0 spiro atoms. The van der Waals surface area contributed by atoms with Crippen LogP contribution in [0.4, 0.5) is 0 Å². The van der Waals surface area contributed by atoms with Gasteiger partial charge in [0.1, 0.15) is 5.76 Å². The minimum absolute atomic E-state index is 0.0119. The Morgan fingerprint density at radius 2 is 2.26 bits per heavy atom. The molecule has 2 heterocycles. The lowest BCUT2D eigenvalue weighted by molar-refractivity contribution is -0.123. The summed E-state index contributed by atoms with van der Waals surface area (Å²) in [5, 5.41) is 6.11. The van der Waals surface area contributed by atoms with Crippen molar-refractivity contribution >= 4 is 5.91 Å². The molecule has 1 atom stereocenters. The molecule has 1 aromatic heterocycles. The fourth-order valence-electron chi connectivity index (χ4n) is 2.28. The Kier molecular flexibility index (Phi) is 5.42. The first-order valence-corrected chi connectivity index (χ1v) is 7.01. The Labute approximate surface area is 114 Å². The van der Waals surface area contributed by atoms with E-state index in [1.807, 2.05) is 19.1 Å². The molecule has 0 saturated carbocycles. The number of rotatable bonds is 7. The van der Waals surface area contributed by atoms with Crippen molar-refractivity contribution in [3.05, 3.63) is 24.2 Å². The summed E-state index contributed by atoms with van der Waals surface area (Å²) in [5.41, 5.74) is 0. The maximum atomic E-state index is 11.8. The molecule has 5 heteroatoms. The second kappa shape index (κ2) is 7.31. The maximum Gasteiger partial charge on any atom is 0.237 e. The molecule has 1 unspecified atom stereocenters. The third-order valence-electron chi connectivity index (χ3n) is 3.49. The molecule has 1 aromatic rings. The van der Waals surface area contributed by atoms with E-state index in [1.165, 1.54) is 25.9 Å². The van der Waals surface area contributed by atoms with Crippen LogP contribution in [0.3, 0.4) is 0 Å². The van der Waals surface area contributed by atoms with Gasteiger partial charge in [0.15, 0.2) is 0 Å². The lowest BCUT2D eigenvalue weighted by Crippen LogP contribution is -2.44. The van der Waals surface area contributed by atoms with Gasteiger partial charge in [-0.25, -0.2) is 0 Å². The molecule has 19 heavy (non-hydrogen) atoms. The molecule has 0 aromatic carbocycles. The SMILES string of the molecule is CC(NCCN1CCCC1)C(=O)NCc1ccco1. The van der Waals surface area contributed by atoms with Crippen LogP contribution in [0.1, 0.15) is 25.5 Å². The molecule has 0 radical (unpaired) electrons. The Hall–Kier alpha value is -1.33. The highest BCUT2D eigenvalue weighted by molar-refractivity contribution is 5.81. The molecule has 2 rings (SSSR count). The Morgan fingerprint density at radius 3 is 2.95 bits per heavy atom. The van der Waals surface area contributed by atoms with E-state index >= 15 is 0 Å². The van der Waals surface area contributed by atoms with Crippen LogP contribution >= 0.6 is 0 Å². The van der Waals surface area contributed by atoms with E-state index in [0.29, 0.717) is 6.54 Å². The molecule has 0 bridgehead atoms. The predicted octanol–water partition coefficient (Wildman–Crippen LogP) is 0.970. The molecule has 1 aliphatic rings. The number of furan rings is 1. The van der Waals surface area contributed by atoms with Crippen molar-refractivity contribution < 1.29 is 9.21 Å². The van der Waals surface area contributed by atoms with Gasteiger partial charge in [-0.2, -0.15) is 0 Å². The van der Waals surface area contributed by atoms with E-state index in [4.69, 9.17) is 4.42 Å². The quantitative estimate of drug-likeness (QED) is 0.771. The summed E-state index contributed by atoms with van der Waals surface area (Å²) in [4.78, 5) is 14.3. The van der Waals surface area contributed by atoms with Crippen molar-refractivity contribution in [1.82, 2.24) is 15.5 Å². The van der Waals surface area contributed by atoms with Gasteiger partial charge < -0.3 is 20.0 Å². The first-order chi connectivity index (χ1) is 9.25. The number of nitrogens with one attached hydrogen (secondary N) is 2. The number of hydrogen-bond donors (Lipinski definition) is 2. The Morgan fingerprint density at radius 1 is 1.47 bits per heavy atom. The van der Waals surface area contributed by atoms with Crippen LogP contribution in [0, 0.1) is 0 Å². The summed E-state index contributed by atoms with van der Waals surface area (Å²) in [6, 6.07) is 3.50. The van der Waals surface area contributed by atoms with Crippen molar-refractivity contribution in [2.45, 2.75) is 32.4 Å². The smallest absolute Gasteiger partial charge is 0.237 e. The van der Waals surface area contributed by atoms with Crippen LogP contribution in [0.2, 0.25) is 0 Å². The first-order valence-electron chi connectivity index (χ1n) is 7.01. The van der Waals surface area contributed by atoms with E-state index in [2.05, 4.69) is 15.5 Å². The van der Waals surface area contributed by atoms with Crippen LogP contribution in [-0.4, -0.2) is 43.0 Å². The first kappa shape index (κ1) is 14.1. The van der Waals surface area contributed by atoms with Crippen LogP contribution in [0.25, 0.3) is 0 Å². The lowest BCUT2D eigenvalue weighted by Gasteiger charge is -2.17. The minimum Gasteiger partial charge on any atom is -0.467 e. The fraction of sp³-hybridized carbons (Fsp3) is 0.643. The van der Waals surface area contributed by atoms with E-state index < -0.39 is 0 Å². The van der Waals surface area contributed by atoms with E-state index in [0.717, 1.165) is 18.8 Å². The number of hydrogen-bond acceptors (Lipinski definition) is 4. The molecule has 1 aliphatic heterocycles. The maximum absolute atomic E-state index is 11.8. The molecule has 0 aliphatic carbocycles. The van der Waals surface area contributed by atoms with E-state index in [9.17, 15) is 4.79 Å². The van der Waals surface area contributed by atoms with Gasteiger partial charge in [0.05, 0.1) is 18.8 Å². The molecule has 106 valence electrons. The number of carbonyl (C=O) groups is 1. The van der Waals surface area contributed by atoms with Gasteiger partial charge in [0.25, 0.3) is 0 Å². The second-order valence-corrected chi connectivity index (χ2v) is 5.02. The van der Waals surface area contributed by atoms with Gasteiger partial charge in [-0.1, -0.05) is 0 Å². The summed E-state index contributed by atoms with van der Waals surface area (Å²) >= 11 is 0. The predicted molar refractivity (Wildman–Crippen MR) is 73.7 cm³/mol. The van der Waals surface area contributed by atoms with Crippen LogP contribution < -0.4 is 10.6 Å². The van der Waals surface area contributed by atoms with E-state index in [-0.39, 0.29) is 11.9 Å². The van der Waals surface area contributed by atoms with Gasteiger partial charge in [0.2, 0.25) is 5.91 Å². The fourth-order valence-corrected chi connectivity index (χ4v) is 2.28. The average molecular weight is 265 g/mol. The summed E-state index contributed by atoms with van der Waals surface area (Å²) in [6.45, 7) is 6.61. The second-order valence-electron chi connectivity index (χ2n) is 5.02. The molecule has 1 amide bonds. The van der Waals surface area contributed by atoms with Crippen LogP contribution in [0.5, 0.6) is 0 Å².